The van der Waals surface area contributed by atoms with Crippen LogP contribution in [0.25, 0.3) is 0 Å². The summed E-state index contributed by atoms with van der Waals surface area (Å²) in [6.45, 7) is 4.21. The van der Waals surface area contributed by atoms with Gasteiger partial charge in [0.25, 0.3) is 0 Å². The minimum absolute atomic E-state index is 0.0765. The molecule has 1 atom stereocenters. The van der Waals surface area contributed by atoms with Gasteiger partial charge in [-0.15, -0.1) is 0 Å². The van der Waals surface area contributed by atoms with Gasteiger partial charge in [0.05, 0.1) is 28.6 Å². The Morgan fingerprint density at radius 1 is 1.44 bits per heavy atom. The lowest BCUT2D eigenvalue weighted by Gasteiger charge is -2.15. The molecular weight excluding hydrogens is 298 g/mol. The van der Waals surface area contributed by atoms with Crippen molar-refractivity contribution < 1.29 is 9.47 Å². The molecule has 1 aromatic rings. The van der Waals surface area contributed by atoms with Gasteiger partial charge in [0, 0.05) is 34.4 Å². The zero-order valence-electron chi connectivity index (χ0n) is 11.5. The van der Waals surface area contributed by atoms with E-state index in [1.165, 1.54) is 0 Å². The molecule has 1 N–H and O–H groups in total. The van der Waals surface area contributed by atoms with Crippen molar-refractivity contribution in [3.05, 3.63) is 15.9 Å². The number of hydrogen-bond donors (Lipinski definition) is 1. The summed E-state index contributed by atoms with van der Waals surface area (Å²) in [4.78, 5) is 0. The molecule has 104 valence electrons. The summed E-state index contributed by atoms with van der Waals surface area (Å²) < 4.78 is 13.4. The molecule has 0 fully saturated rings. The van der Waals surface area contributed by atoms with Gasteiger partial charge in [-0.05, 0) is 22.4 Å². The maximum absolute atomic E-state index is 5.29. The van der Waals surface area contributed by atoms with E-state index < -0.39 is 0 Å². The highest BCUT2D eigenvalue weighted by molar-refractivity contribution is 9.10. The lowest BCUT2D eigenvalue weighted by molar-refractivity contribution is 0.0287. The van der Waals surface area contributed by atoms with Crippen molar-refractivity contribution in [1.82, 2.24) is 15.1 Å². The standard InChI is InChI=1S/C12H22BrN3O2/c1-5-10-12(13)11(16(2)15-10)7-14-6-9(18-4)8-17-3/h9,14H,5-8H2,1-4H3. The van der Waals surface area contributed by atoms with Gasteiger partial charge in [-0.25, -0.2) is 0 Å². The van der Waals surface area contributed by atoms with E-state index in [0.29, 0.717) is 6.61 Å². The van der Waals surface area contributed by atoms with Crippen LogP contribution in [-0.4, -0.2) is 43.3 Å². The highest BCUT2D eigenvalue weighted by atomic mass is 79.9. The Bertz CT molecular complexity index is 368. The van der Waals surface area contributed by atoms with Gasteiger partial charge in [-0.3, -0.25) is 4.68 Å². The average Bonchev–Trinajstić information content (AvgIpc) is 2.64. The van der Waals surface area contributed by atoms with E-state index in [9.17, 15) is 0 Å². The molecule has 0 saturated heterocycles. The first-order valence-electron chi connectivity index (χ1n) is 6.06. The number of methoxy groups -OCH3 is 2. The van der Waals surface area contributed by atoms with Crippen LogP contribution in [0.2, 0.25) is 0 Å². The number of halogens is 1. The molecule has 0 bridgehead atoms. The van der Waals surface area contributed by atoms with Crippen LogP contribution < -0.4 is 5.32 Å². The first kappa shape index (κ1) is 15.6. The third kappa shape index (κ3) is 4.05. The lowest BCUT2D eigenvalue weighted by atomic mass is 10.3. The minimum atomic E-state index is 0.0765. The second kappa shape index (κ2) is 7.89. The van der Waals surface area contributed by atoms with Crippen LogP contribution in [0.5, 0.6) is 0 Å². The van der Waals surface area contributed by atoms with Crippen LogP contribution in [0.1, 0.15) is 18.3 Å². The van der Waals surface area contributed by atoms with E-state index in [-0.39, 0.29) is 6.10 Å². The Morgan fingerprint density at radius 2 is 2.17 bits per heavy atom. The van der Waals surface area contributed by atoms with Crippen LogP contribution in [0, 0.1) is 0 Å². The predicted octanol–water partition coefficient (Wildman–Crippen LogP) is 1.50. The molecular formula is C12H22BrN3O2. The zero-order chi connectivity index (χ0) is 13.5. The van der Waals surface area contributed by atoms with E-state index in [1.54, 1.807) is 14.2 Å². The van der Waals surface area contributed by atoms with Gasteiger partial charge in [0.1, 0.15) is 0 Å². The maximum Gasteiger partial charge on any atom is 0.0928 e. The number of aromatic nitrogens is 2. The first-order valence-corrected chi connectivity index (χ1v) is 6.86. The second-order valence-electron chi connectivity index (χ2n) is 4.13. The Hall–Kier alpha value is -0.430. The summed E-state index contributed by atoms with van der Waals surface area (Å²) in [7, 11) is 5.34. The molecule has 0 saturated carbocycles. The number of nitrogens with zero attached hydrogens (tertiary/aromatic N) is 2. The highest BCUT2D eigenvalue weighted by Gasteiger charge is 2.13. The number of hydrogen-bond acceptors (Lipinski definition) is 4. The van der Waals surface area contributed by atoms with Crippen LogP contribution in [-0.2, 0) is 29.5 Å². The molecule has 0 spiro atoms. The van der Waals surface area contributed by atoms with Crippen molar-refractivity contribution in [3.8, 4) is 0 Å². The molecule has 0 amide bonds. The molecule has 0 aromatic carbocycles. The van der Waals surface area contributed by atoms with Crippen molar-refractivity contribution in [3.63, 3.8) is 0 Å². The number of ether oxygens (including phenoxy) is 2. The van der Waals surface area contributed by atoms with Gasteiger partial charge < -0.3 is 14.8 Å². The van der Waals surface area contributed by atoms with E-state index in [0.717, 1.165) is 35.4 Å². The summed E-state index contributed by atoms with van der Waals surface area (Å²) in [6, 6.07) is 0. The molecule has 5 nitrogen and oxygen atoms in total. The van der Waals surface area contributed by atoms with Crippen LogP contribution >= 0.6 is 15.9 Å². The molecule has 1 aromatic heterocycles. The normalized spacial score (nSPS) is 12.9. The van der Waals surface area contributed by atoms with Crippen LogP contribution in [0.3, 0.4) is 0 Å². The third-order valence-electron chi connectivity index (χ3n) is 2.85. The number of nitrogens with one attached hydrogen (secondary N) is 1. The van der Waals surface area contributed by atoms with E-state index in [1.807, 2.05) is 11.7 Å². The topological polar surface area (TPSA) is 48.3 Å². The predicted molar refractivity (Wildman–Crippen MR) is 74.7 cm³/mol. The summed E-state index contributed by atoms with van der Waals surface area (Å²) in [5, 5.41) is 7.82. The van der Waals surface area contributed by atoms with Gasteiger partial charge in [-0.2, -0.15) is 5.10 Å². The first-order chi connectivity index (χ1) is 8.63. The quantitative estimate of drug-likeness (QED) is 0.788. The average molecular weight is 320 g/mol. The van der Waals surface area contributed by atoms with Crippen molar-refractivity contribution in [2.75, 3.05) is 27.4 Å². The largest absolute Gasteiger partial charge is 0.382 e. The molecule has 0 aliphatic carbocycles. The van der Waals surface area contributed by atoms with Crippen molar-refractivity contribution in [2.24, 2.45) is 7.05 Å². The highest BCUT2D eigenvalue weighted by Crippen LogP contribution is 2.21. The van der Waals surface area contributed by atoms with Crippen molar-refractivity contribution in [1.29, 1.82) is 0 Å². The van der Waals surface area contributed by atoms with Crippen molar-refractivity contribution >= 4 is 15.9 Å². The van der Waals surface area contributed by atoms with Gasteiger partial charge in [-0.1, -0.05) is 6.92 Å². The van der Waals surface area contributed by atoms with E-state index >= 15 is 0 Å². The molecule has 0 aliphatic rings. The Labute approximate surface area is 117 Å². The SMILES string of the molecule is CCc1nn(C)c(CNCC(COC)OC)c1Br. The summed E-state index contributed by atoms with van der Waals surface area (Å²) in [5.41, 5.74) is 2.24. The molecule has 18 heavy (non-hydrogen) atoms. The van der Waals surface area contributed by atoms with E-state index in [4.69, 9.17) is 9.47 Å². The molecule has 1 rings (SSSR count). The van der Waals surface area contributed by atoms with Gasteiger partial charge in [0.15, 0.2) is 0 Å². The van der Waals surface area contributed by atoms with Crippen LogP contribution in [0.15, 0.2) is 4.47 Å². The summed E-state index contributed by atoms with van der Waals surface area (Å²) >= 11 is 3.60. The van der Waals surface area contributed by atoms with Gasteiger partial charge >= 0.3 is 0 Å². The molecule has 1 heterocycles. The third-order valence-corrected chi connectivity index (χ3v) is 3.77. The van der Waals surface area contributed by atoms with E-state index in [2.05, 4.69) is 33.3 Å². The fourth-order valence-electron chi connectivity index (χ4n) is 1.76. The van der Waals surface area contributed by atoms with Crippen molar-refractivity contribution in [2.45, 2.75) is 26.0 Å². The zero-order valence-corrected chi connectivity index (χ0v) is 13.1. The summed E-state index contributed by atoms with van der Waals surface area (Å²) in [5.74, 6) is 0. The minimum Gasteiger partial charge on any atom is -0.382 e. The number of rotatable bonds is 8. The fourth-order valence-corrected chi connectivity index (χ4v) is 2.52. The number of aryl methyl sites for hydroxylation is 2. The van der Waals surface area contributed by atoms with Crippen LogP contribution in [0.4, 0.5) is 0 Å². The second-order valence-corrected chi connectivity index (χ2v) is 4.92. The van der Waals surface area contributed by atoms with Gasteiger partial charge in [0.2, 0.25) is 0 Å². The summed E-state index contributed by atoms with van der Waals surface area (Å²) in [6.07, 6.45) is 1.01. The Kier molecular flexibility index (Phi) is 6.85. The monoisotopic (exact) mass is 319 g/mol. The molecule has 0 aliphatic heterocycles. The molecule has 6 heteroatoms. The Morgan fingerprint density at radius 3 is 2.67 bits per heavy atom. The molecule has 0 radical (unpaired) electrons. The lowest BCUT2D eigenvalue weighted by Crippen LogP contribution is -2.32. The Balaban J connectivity index is 2.50. The molecule has 1 unspecified atom stereocenters. The fraction of sp³-hybridized carbons (Fsp3) is 0.750. The smallest absolute Gasteiger partial charge is 0.0928 e. The maximum atomic E-state index is 5.29.